The number of anilines is 3. The van der Waals surface area contributed by atoms with E-state index in [-0.39, 0.29) is 11.8 Å². The summed E-state index contributed by atoms with van der Waals surface area (Å²) in [5.41, 5.74) is 5.29. The molecule has 0 spiro atoms. The highest BCUT2D eigenvalue weighted by Crippen LogP contribution is 2.40. The van der Waals surface area contributed by atoms with Crippen molar-refractivity contribution in [3.05, 3.63) is 58.5 Å². The van der Waals surface area contributed by atoms with Gasteiger partial charge in [-0.15, -0.1) is 0 Å². The monoisotopic (exact) mass is 453 g/mol. The van der Waals surface area contributed by atoms with Crippen molar-refractivity contribution >= 4 is 28.9 Å². The molecule has 6 nitrogen and oxygen atoms in total. The number of halogens is 2. The van der Waals surface area contributed by atoms with Gasteiger partial charge in [-0.1, -0.05) is 17.7 Å². The first-order valence-corrected chi connectivity index (χ1v) is 11.2. The summed E-state index contributed by atoms with van der Waals surface area (Å²) in [5.74, 6) is 0.261. The Morgan fingerprint density at radius 3 is 2.94 bits per heavy atom. The second-order valence-corrected chi connectivity index (χ2v) is 8.77. The molecule has 1 aromatic heterocycles. The number of rotatable bonds is 4. The van der Waals surface area contributed by atoms with Crippen LogP contribution in [-0.4, -0.2) is 35.7 Å². The Morgan fingerprint density at radius 2 is 2.09 bits per heavy atom. The normalized spacial score (nSPS) is 15.2. The van der Waals surface area contributed by atoms with Crippen molar-refractivity contribution in [3.63, 3.8) is 0 Å². The van der Waals surface area contributed by atoms with E-state index in [4.69, 9.17) is 16.3 Å². The van der Waals surface area contributed by atoms with Crippen LogP contribution in [0.15, 0.2) is 36.5 Å². The zero-order chi connectivity index (χ0) is 22.2. The Kier molecular flexibility index (Phi) is 5.61. The molecule has 0 saturated carbocycles. The predicted molar refractivity (Wildman–Crippen MR) is 126 cm³/mol. The van der Waals surface area contributed by atoms with Gasteiger partial charge in [-0.2, -0.15) is 0 Å². The van der Waals surface area contributed by atoms with Crippen molar-refractivity contribution in [2.75, 3.05) is 29.9 Å². The van der Waals surface area contributed by atoms with E-state index >= 15 is 0 Å². The van der Waals surface area contributed by atoms with Crippen molar-refractivity contribution in [1.29, 1.82) is 0 Å². The van der Waals surface area contributed by atoms with Crippen LogP contribution in [0.2, 0.25) is 5.02 Å². The Hall–Kier alpha value is -2.90. The van der Waals surface area contributed by atoms with Crippen molar-refractivity contribution in [2.45, 2.75) is 32.9 Å². The van der Waals surface area contributed by atoms with Gasteiger partial charge in [-0.05, 0) is 62.2 Å². The molecule has 0 atom stereocenters. The largest absolute Gasteiger partial charge is 0.486 e. The van der Waals surface area contributed by atoms with Gasteiger partial charge < -0.3 is 20.3 Å². The summed E-state index contributed by atoms with van der Waals surface area (Å²) >= 11 is 6.43. The maximum absolute atomic E-state index is 14.9. The van der Waals surface area contributed by atoms with E-state index in [0.29, 0.717) is 41.1 Å². The van der Waals surface area contributed by atoms with E-state index in [0.717, 1.165) is 25.2 Å². The highest BCUT2D eigenvalue weighted by Gasteiger charge is 2.25. The van der Waals surface area contributed by atoms with Crippen LogP contribution in [0, 0.1) is 5.82 Å². The van der Waals surface area contributed by atoms with Crippen molar-refractivity contribution in [1.82, 2.24) is 15.3 Å². The lowest BCUT2D eigenvalue weighted by Gasteiger charge is -2.34. The first kappa shape index (κ1) is 21.0. The van der Waals surface area contributed by atoms with E-state index in [1.165, 1.54) is 17.2 Å². The zero-order valence-corrected chi connectivity index (χ0v) is 18.8. The number of fused-ring (bicyclic) bond motifs is 2. The Bertz CT molecular complexity index is 1170. The fourth-order valence-corrected chi connectivity index (χ4v) is 4.49. The quantitative estimate of drug-likeness (QED) is 0.584. The van der Waals surface area contributed by atoms with Gasteiger partial charge in [-0.3, -0.25) is 0 Å². The first-order chi connectivity index (χ1) is 15.5. The lowest BCUT2D eigenvalue weighted by atomic mass is 10.0. The summed E-state index contributed by atoms with van der Waals surface area (Å²) < 4.78 is 20.5. The fourth-order valence-electron chi connectivity index (χ4n) is 4.29. The van der Waals surface area contributed by atoms with Crippen LogP contribution in [0.3, 0.4) is 0 Å². The molecule has 0 unspecified atom stereocenters. The van der Waals surface area contributed by atoms with Crippen LogP contribution in [0.1, 0.15) is 25.0 Å². The molecular weight excluding hydrogens is 429 g/mol. The second kappa shape index (κ2) is 8.56. The lowest BCUT2D eigenvalue weighted by molar-refractivity contribution is 0.287. The molecule has 0 radical (unpaired) electrons. The van der Waals surface area contributed by atoms with Crippen LogP contribution < -0.4 is 20.3 Å². The second-order valence-electron chi connectivity index (χ2n) is 8.37. The van der Waals surface area contributed by atoms with Crippen LogP contribution >= 0.6 is 11.6 Å². The third kappa shape index (κ3) is 3.98. The summed E-state index contributed by atoms with van der Waals surface area (Å²) in [4.78, 5) is 11.1. The Labute approximate surface area is 191 Å². The van der Waals surface area contributed by atoms with Gasteiger partial charge in [0.15, 0.2) is 11.6 Å². The first-order valence-electron chi connectivity index (χ1n) is 10.8. The molecule has 8 heteroatoms. The third-order valence-corrected chi connectivity index (χ3v) is 6.18. The van der Waals surface area contributed by atoms with E-state index in [2.05, 4.69) is 51.5 Å². The minimum Gasteiger partial charge on any atom is -0.486 e. The summed E-state index contributed by atoms with van der Waals surface area (Å²) in [6, 6.07) is 9.79. The Balaban J connectivity index is 1.49. The van der Waals surface area contributed by atoms with Crippen LogP contribution in [0.5, 0.6) is 5.75 Å². The molecule has 32 heavy (non-hydrogen) atoms. The lowest BCUT2D eigenvalue weighted by Crippen LogP contribution is -2.38. The molecular formula is C24H25ClFN5O. The average Bonchev–Trinajstić information content (AvgIpc) is 2.79. The van der Waals surface area contributed by atoms with E-state index < -0.39 is 5.82 Å². The predicted octanol–water partition coefficient (Wildman–Crippen LogP) is 4.93. The van der Waals surface area contributed by atoms with Gasteiger partial charge >= 0.3 is 0 Å². The van der Waals surface area contributed by atoms with Crippen molar-refractivity contribution in [2.24, 2.45) is 0 Å². The SMILES string of the molecule is CC(C)N1CCOc2c(F)cc(-c3nc(Nc4ccc5c(c4)CNCC5)ncc3Cl)cc21. The number of hydrogen-bond donors (Lipinski definition) is 2. The van der Waals surface area contributed by atoms with Gasteiger partial charge in [0.25, 0.3) is 0 Å². The van der Waals surface area contributed by atoms with Crippen LogP contribution in [-0.2, 0) is 13.0 Å². The molecule has 3 heterocycles. The minimum absolute atomic E-state index is 0.212. The number of nitrogens with one attached hydrogen (secondary N) is 2. The summed E-state index contributed by atoms with van der Waals surface area (Å²) in [6.45, 7) is 7.16. The number of nitrogens with zero attached hydrogens (tertiary/aromatic N) is 3. The molecule has 0 aliphatic carbocycles. The molecule has 2 aromatic carbocycles. The number of aromatic nitrogens is 2. The van der Waals surface area contributed by atoms with Gasteiger partial charge in [-0.25, -0.2) is 14.4 Å². The van der Waals surface area contributed by atoms with Gasteiger partial charge in [0.1, 0.15) is 6.61 Å². The molecule has 0 saturated heterocycles. The zero-order valence-electron chi connectivity index (χ0n) is 18.1. The standard InChI is InChI=1S/C24H25ClFN5O/c1-14(2)31-7-8-32-23-20(26)10-16(11-21(23)31)22-19(25)13-28-24(30-22)29-18-4-3-15-5-6-27-12-17(15)9-18/h3-4,9-11,13-14,27H,5-8,12H2,1-2H3,(H,28,29,30). The molecule has 166 valence electrons. The molecule has 3 aromatic rings. The maximum Gasteiger partial charge on any atom is 0.227 e. The molecule has 2 aliphatic heterocycles. The number of hydrogen-bond acceptors (Lipinski definition) is 6. The number of ether oxygens (including phenoxy) is 1. The Morgan fingerprint density at radius 1 is 1.22 bits per heavy atom. The van der Waals surface area contributed by atoms with Gasteiger partial charge in [0.05, 0.1) is 29.1 Å². The fraction of sp³-hybridized carbons (Fsp3) is 0.333. The van der Waals surface area contributed by atoms with Crippen molar-refractivity contribution < 1.29 is 9.13 Å². The van der Waals surface area contributed by atoms with Gasteiger partial charge in [0, 0.05) is 23.8 Å². The average molecular weight is 454 g/mol. The highest BCUT2D eigenvalue weighted by molar-refractivity contribution is 6.33. The van der Waals surface area contributed by atoms with E-state index in [1.54, 1.807) is 6.20 Å². The minimum atomic E-state index is -0.422. The summed E-state index contributed by atoms with van der Waals surface area (Å²) in [6.07, 6.45) is 2.57. The van der Waals surface area contributed by atoms with Crippen molar-refractivity contribution in [3.8, 4) is 17.0 Å². The third-order valence-electron chi connectivity index (χ3n) is 5.90. The molecule has 5 rings (SSSR count). The molecule has 0 bridgehead atoms. The van der Waals surface area contributed by atoms with Gasteiger partial charge in [0.2, 0.25) is 5.95 Å². The number of benzene rings is 2. The summed E-state index contributed by atoms with van der Waals surface area (Å²) in [7, 11) is 0. The van der Waals surface area contributed by atoms with Crippen LogP contribution in [0.25, 0.3) is 11.3 Å². The summed E-state index contributed by atoms with van der Waals surface area (Å²) in [5, 5.41) is 7.00. The van der Waals surface area contributed by atoms with E-state index in [9.17, 15) is 4.39 Å². The van der Waals surface area contributed by atoms with E-state index in [1.807, 2.05) is 12.1 Å². The smallest absolute Gasteiger partial charge is 0.227 e. The van der Waals surface area contributed by atoms with Crippen LogP contribution in [0.4, 0.5) is 21.7 Å². The molecule has 2 aliphatic rings. The topological polar surface area (TPSA) is 62.3 Å². The molecule has 0 fully saturated rings. The molecule has 0 amide bonds. The highest BCUT2D eigenvalue weighted by atomic mass is 35.5. The molecule has 2 N–H and O–H groups in total. The maximum atomic E-state index is 14.9.